The first-order valence-corrected chi connectivity index (χ1v) is 6.37. The third-order valence-corrected chi connectivity index (χ3v) is 3.61. The Morgan fingerprint density at radius 2 is 2.06 bits per heavy atom. The normalized spacial score (nSPS) is 19.7. The highest BCUT2D eigenvalue weighted by Crippen LogP contribution is 2.23. The standard InChI is InChI=1S/C13H23N3O/c1-13(2,17-3)11-15-9-5-12(6-10-15)16-8-4-7-14-16/h4,7-8,12H,5-6,9-11H2,1-3H3. The maximum atomic E-state index is 5.48. The Morgan fingerprint density at radius 3 is 2.59 bits per heavy atom. The molecule has 1 fully saturated rings. The molecule has 2 heterocycles. The van der Waals surface area contributed by atoms with E-state index in [0.29, 0.717) is 6.04 Å². The second-order valence-corrected chi connectivity index (χ2v) is 5.46. The summed E-state index contributed by atoms with van der Waals surface area (Å²) in [5.41, 5.74) is -0.0431. The summed E-state index contributed by atoms with van der Waals surface area (Å²) in [6, 6.07) is 2.58. The van der Waals surface area contributed by atoms with Crippen molar-refractivity contribution in [2.45, 2.75) is 38.3 Å². The van der Waals surface area contributed by atoms with Crippen molar-refractivity contribution in [1.82, 2.24) is 14.7 Å². The van der Waals surface area contributed by atoms with Gasteiger partial charge in [0.05, 0.1) is 11.6 Å². The van der Waals surface area contributed by atoms with Crippen molar-refractivity contribution in [3.05, 3.63) is 18.5 Å². The average Bonchev–Trinajstić information content (AvgIpc) is 2.83. The average molecular weight is 237 g/mol. The molecule has 1 saturated heterocycles. The topological polar surface area (TPSA) is 30.3 Å². The fourth-order valence-electron chi connectivity index (χ4n) is 2.44. The molecule has 4 nitrogen and oxygen atoms in total. The second-order valence-electron chi connectivity index (χ2n) is 5.46. The summed E-state index contributed by atoms with van der Waals surface area (Å²) in [6.07, 6.45) is 6.29. The summed E-state index contributed by atoms with van der Waals surface area (Å²) in [7, 11) is 1.79. The van der Waals surface area contributed by atoms with Crippen LogP contribution < -0.4 is 0 Å². The highest BCUT2D eigenvalue weighted by molar-refractivity contribution is 4.85. The van der Waals surface area contributed by atoms with Gasteiger partial charge in [0.2, 0.25) is 0 Å². The van der Waals surface area contributed by atoms with Crippen molar-refractivity contribution in [3.8, 4) is 0 Å². The SMILES string of the molecule is COC(C)(C)CN1CCC(n2cccn2)CC1. The number of ether oxygens (including phenoxy) is 1. The van der Waals surface area contributed by atoms with E-state index in [1.165, 1.54) is 12.8 Å². The minimum Gasteiger partial charge on any atom is -0.377 e. The summed E-state index contributed by atoms with van der Waals surface area (Å²) in [6.45, 7) is 7.57. The van der Waals surface area contributed by atoms with Gasteiger partial charge in [0.25, 0.3) is 0 Å². The molecule has 0 bridgehead atoms. The summed E-state index contributed by atoms with van der Waals surface area (Å²) < 4.78 is 7.58. The first-order chi connectivity index (χ1) is 8.11. The molecular weight excluding hydrogens is 214 g/mol. The molecule has 1 aliphatic heterocycles. The van der Waals surface area contributed by atoms with Crippen LogP contribution in [-0.2, 0) is 4.74 Å². The quantitative estimate of drug-likeness (QED) is 0.802. The molecule has 0 radical (unpaired) electrons. The third kappa shape index (κ3) is 3.30. The molecule has 0 atom stereocenters. The van der Waals surface area contributed by atoms with Crippen LogP contribution in [0.2, 0.25) is 0 Å². The first kappa shape index (κ1) is 12.6. The Hall–Kier alpha value is -0.870. The molecule has 96 valence electrons. The number of nitrogens with zero attached hydrogens (tertiary/aromatic N) is 3. The zero-order valence-corrected chi connectivity index (χ0v) is 11.1. The number of likely N-dealkylation sites (tertiary alicyclic amines) is 1. The number of piperidine rings is 1. The zero-order chi connectivity index (χ0) is 12.3. The first-order valence-electron chi connectivity index (χ1n) is 6.37. The summed E-state index contributed by atoms with van der Waals surface area (Å²) in [4.78, 5) is 2.49. The van der Waals surface area contributed by atoms with E-state index < -0.39 is 0 Å². The predicted molar refractivity (Wildman–Crippen MR) is 68.0 cm³/mol. The summed E-state index contributed by atoms with van der Waals surface area (Å²) in [5, 5.41) is 4.33. The molecule has 17 heavy (non-hydrogen) atoms. The van der Waals surface area contributed by atoms with Gasteiger partial charge in [-0.15, -0.1) is 0 Å². The molecule has 0 N–H and O–H groups in total. The van der Waals surface area contributed by atoms with E-state index in [9.17, 15) is 0 Å². The number of rotatable bonds is 4. The van der Waals surface area contributed by atoms with Gasteiger partial charge in [-0.2, -0.15) is 5.10 Å². The fourth-order valence-corrected chi connectivity index (χ4v) is 2.44. The van der Waals surface area contributed by atoms with E-state index in [1.807, 2.05) is 12.3 Å². The van der Waals surface area contributed by atoms with Crippen molar-refractivity contribution < 1.29 is 4.74 Å². The molecule has 0 aromatic carbocycles. The van der Waals surface area contributed by atoms with Gasteiger partial charge in [0.1, 0.15) is 0 Å². The van der Waals surface area contributed by atoms with Crippen LogP contribution in [0, 0.1) is 0 Å². The number of hydrogen-bond acceptors (Lipinski definition) is 3. The van der Waals surface area contributed by atoms with E-state index in [4.69, 9.17) is 4.74 Å². The molecule has 4 heteroatoms. The van der Waals surface area contributed by atoms with Crippen molar-refractivity contribution in [3.63, 3.8) is 0 Å². The Labute approximate surface area is 104 Å². The maximum Gasteiger partial charge on any atom is 0.0749 e. The molecule has 0 aliphatic carbocycles. The molecule has 0 amide bonds. The number of aromatic nitrogens is 2. The predicted octanol–water partition coefficient (Wildman–Crippen LogP) is 1.95. The molecule has 1 aromatic rings. The van der Waals surface area contributed by atoms with Gasteiger partial charge >= 0.3 is 0 Å². The van der Waals surface area contributed by atoms with E-state index in [-0.39, 0.29) is 5.60 Å². The lowest BCUT2D eigenvalue weighted by atomic mass is 10.0. The molecule has 2 rings (SSSR count). The fraction of sp³-hybridized carbons (Fsp3) is 0.769. The van der Waals surface area contributed by atoms with Crippen LogP contribution in [0.5, 0.6) is 0 Å². The molecule has 0 saturated carbocycles. The number of methoxy groups -OCH3 is 1. The van der Waals surface area contributed by atoms with E-state index >= 15 is 0 Å². The van der Waals surface area contributed by atoms with E-state index in [1.54, 1.807) is 7.11 Å². The summed E-state index contributed by atoms with van der Waals surface area (Å²) >= 11 is 0. The van der Waals surface area contributed by atoms with Crippen LogP contribution in [0.1, 0.15) is 32.7 Å². The molecule has 0 unspecified atom stereocenters. The van der Waals surface area contributed by atoms with E-state index in [2.05, 4.69) is 34.7 Å². The largest absolute Gasteiger partial charge is 0.377 e. The monoisotopic (exact) mass is 237 g/mol. The van der Waals surface area contributed by atoms with Gasteiger partial charge in [0, 0.05) is 39.1 Å². The molecule has 0 spiro atoms. The summed E-state index contributed by atoms with van der Waals surface area (Å²) in [5.74, 6) is 0. The maximum absolute atomic E-state index is 5.48. The Morgan fingerprint density at radius 1 is 1.35 bits per heavy atom. The van der Waals surface area contributed by atoms with Crippen LogP contribution in [0.4, 0.5) is 0 Å². The van der Waals surface area contributed by atoms with Crippen molar-refractivity contribution >= 4 is 0 Å². The second kappa shape index (κ2) is 5.19. The smallest absolute Gasteiger partial charge is 0.0749 e. The minimum atomic E-state index is -0.0431. The molecule has 1 aliphatic rings. The van der Waals surface area contributed by atoms with Gasteiger partial charge < -0.3 is 9.64 Å². The van der Waals surface area contributed by atoms with Gasteiger partial charge in [-0.25, -0.2) is 0 Å². The third-order valence-electron chi connectivity index (χ3n) is 3.61. The lowest BCUT2D eigenvalue weighted by Gasteiger charge is -2.36. The van der Waals surface area contributed by atoms with Gasteiger partial charge in [-0.05, 0) is 32.8 Å². The van der Waals surface area contributed by atoms with Gasteiger partial charge in [-0.3, -0.25) is 4.68 Å². The molecule has 1 aromatic heterocycles. The van der Waals surface area contributed by atoms with Crippen molar-refractivity contribution in [1.29, 1.82) is 0 Å². The highest BCUT2D eigenvalue weighted by Gasteiger charge is 2.25. The van der Waals surface area contributed by atoms with Crippen LogP contribution in [0.15, 0.2) is 18.5 Å². The lowest BCUT2D eigenvalue weighted by molar-refractivity contribution is -0.0144. The van der Waals surface area contributed by atoms with Crippen molar-refractivity contribution in [2.75, 3.05) is 26.7 Å². The van der Waals surface area contributed by atoms with Crippen LogP contribution >= 0.6 is 0 Å². The highest BCUT2D eigenvalue weighted by atomic mass is 16.5. The van der Waals surface area contributed by atoms with Crippen LogP contribution in [0.25, 0.3) is 0 Å². The van der Waals surface area contributed by atoms with Crippen LogP contribution in [0.3, 0.4) is 0 Å². The van der Waals surface area contributed by atoms with Gasteiger partial charge in [0.15, 0.2) is 0 Å². The van der Waals surface area contributed by atoms with E-state index in [0.717, 1.165) is 19.6 Å². The minimum absolute atomic E-state index is 0.0431. The Bertz CT molecular complexity index is 326. The van der Waals surface area contributed by atoms with Crippen LogP contribution in [-0.4, -0.2) is 47.0 Å². The Kier molecular flexibility index (Phi) is 3.84. The zero-order valence-electron chi connectivity index (χ0n) is 11.1. The molecular formula is C13H23N3O. The van der Waals surface area contributed by atoms with Crippen molar-refractivity contribution in [2.24, 2.45) is 0 Å². The Balaban J connectivity index is 1.82. The number of hydrogen-bond donors (Lipinski definition) is 0. The lowest BCUT2D eigenvalue weighted by Crippen LogP contribution is -2.44. The van der Waals surface area contributed by atoms with Gasteiger partial charge in [-0.1, -0.05) is 0 Å².